The molecule has 1 aromatic heterocycles. The van der Waals surface area contributed by atoms with Crippen LogP contribution in [0.25, 0.3) is 0 Å². The fourth-order valence-corrected chi connectivity index (χ4v) is 4.12. The highest BCUT2D eigenvalue weighted by Crippen LogP contribution is 2.40. The summed E-state index contributed by atoms with van der Waals surface area (Å²) in [5.41, 5.74) is 5.96. The van der Waals surface area contributed by atoms with Crippen LogP contribution in [0.15, 0.2) is 14.3 Å². The third kappa shape index (κ3) is 2.00. The van der Waals surface area contributed by atoms with Crippen LogP contribution in [0.5, 0.6) is 0 Å². The van der Waals surface area contributed by atoms with Crippen molar-refractivity contribution in [3.63, 3.8) is 0 Å². The van der Waals surface area contributed by atoms with Crippen LogP contribution < -0.4 is 5.73 Å². The van der Waals surface area contributed by atoms with Gasteiger partial charge in [0.05, 0.1) is 9.83 Å². The van der Waals surface area contributed by atoms with Gasteiger partial charge in [0.1, 0.15) is 0 Å². The molecule has 2 unspecified atom stereocenters. The Labute approximate surface area is 109 Å². The highest BCUT2D eigenvalue weighted by Gasteiger charge is 2.37. The van der Waals surface area contributed by atoms with E-state index in [1.807, 2.05) is 6.07 Å². The molecule has 2 N–H and O–H groups in total. The van der Waals surface area contributed by atoms with Crippen molar-refractivity contribution in [3.05, 3.63) is 19.2 Å². The van der Waals surface area contributed by atoms with Crippen molar-refractivity contribution in [1.29, 1.82) is 0 Å². The Morgan fingerprint density at radius 2 is 2.27 bits per heavy atom. The van der Waals surface area contributed by atoms with E-state index in [4.69, 9.17) is 5.73 Å². The lowest BCUT2D eigenvalue weighted by atomic mass is 10.1. The minimum Gasteiger partial charge on any atom is -0.336 e. The van der Waals surface area contributed by atoms with Crippen LogP contribution in [0.3, 0.4) is 0 Å². The minimum atomic E-state index is -0.0973. The molecule has 2 atom stereocenters. The molecule has 2 rings (SSSR count). The Morgan fingerprint density at radius 3 is 2.67 bits per heavy atom. The Kier molecular flexibility index (Phi) is 3.21. The smallest absolute Gasteiger partial charge is 0.224 e. The number of thiophene rings is 1. The molecule has 0 bridgehead atoms. The first kappa shape index (κ1) is 11.6. The van der Waals surface area contributed by atoms with E-state index in [0.717, 1.165) is 13.1 Å². The van der Waals surface area contributed by atoms with Crippen LogP contribution in [0.4, 0.5) is 0 Å². The second kappa shape index (κ2) is 4.16. The molecule has 82 valence electrons. The van der Waals surface area contributed by atoms with E-state index in [0.29, 0.717) is 6.42 Å². The molecule has 1 saturated heterocycles. The van der Waals surface area contributed by atoms with E-state index in [-0.39, 0.29) is 18.0 Å². The Hall–Kier alpha value is 0.0900. The summed E-state index contributed by atoms with van der Waals surface area (Å²) in [4.78, 5) is 14.3. The number of carbonyl (C=O) groups is 1. The number of halogens is 2. The summed E-state index contributed by atoms with van der Waals surface area (Å²) in [6.45, 7) is 0. The van der Waals surface area contributed by atoms with E-state index < -0.39 is 0 Å². The van der Waals surface area contributed by atoms with Gasteiger partial charge in [-0.25, -0.2) is 0 Å². The number of hydrogen-bond donors (Lipinski definition) is 1. The quantitative estimate of drug-likeness (QED) is 0.843. The first-order chi connectivity index (χ1) is 7.00. The number of rotatable bonds is 1. The van der Waals surface area contributed by atoms with E-state index in [9.17, 15) is 4.79 Å². The van der Waals surface area contributed by atoms with Crippen molar-refractivity contribution >= 4 is 49.1 Å². The van der Waals surface area contributed by atoms with E-state index in [2.05, 4.69) is 31.9 Å². The predicted octanol–water partition coefficient (Wildman–Crippen LogP) is 2.50. The summed E-state index contributed by atoms with van der Waals surface area (Å²) < 4.78 is 2.06. The Balaban J connectivity index is 2.34. The molecule has 0 saturated carbocycles. The molecule has 1 aromatic rings. The summed E-state index contributed by atoms with van der Waals surface area (Å²) in [7, 11) is 1.81. The predicted molar refractivity (Wildman–Crippen MR) is 67.8 cm³/mol. The number of hydrogen-bond acceptors (Lipinski definition) is 3. The SMILES string of the molecule is CN1C(=O)CC(N)C1c1cc(Br)c(Br)s1. The zero-order chi connectivity index (χ0) is 11.2. The molecule has 0 aromatic carbocycles. The second-order valence-electron chi connectivity index (χ2n) is 3.59. The highest BCUT2D eigenvalue weighted by atomic mass is 79.9. The molecule has 6 heteroatoms. The van der Waals surface area contributed by atoms with Crippen LogP contribution in [0.2, 0.25) is 0 Å². The Bertz CT molecular complexity index is 387. The van der Waals surface area contributed by atoms with Crippen LogP contribution in [0, 0.1) is 0 Å². The largest absolute Gasteiger partial charge is 0.336 e. The molecule has 1 aliphatic rings. The van der Waals surface area contributed by atoms with E-state index in [1.54, 1.807) is 23.3 Å². The highest BCUT2D eigenvalue weighted by molar-refractivity contribution is 9.13. The molecular weight excluding hydrogens is 344 g/mol. The summed E-state index contributed by atoms with van der Waals surface area (Å²) >= 11 is 8.50. The summed E-state index contributed by atoms with van der Waals surface area (Å²) in [6, 6.07) is 1.94. The van der Waals surface area contributed by atoms with Gasteiger partial charge in [0.25, 0.3) is 0 Å². The zero-order valence-electron chi connectivity index (χ0n) is 8.04. The first-order valence-corrected chi connectivity index (χ1v) is 6.87. The zero-order valence-corrected chi connectivity index (χ0v) is 12.0. The van der Waals surface area contributed by atoms with Crippen molar-refractivity contribution in [2.24, 2.45) is 5.73 Å². The van der Waals surface area contributed by atoms with Crippen molar-refractivity contribution in [2.75, 3.05) is 7.05 Å². The van der Waals surface area contributed by atoms with Gasteiger partial charge in [-0.1, -0.05) is 0 Å². The first-order valence-electron chi connectivity index (χ1n) is 4.46. The summed E-state index contributed by atoms with van der Waals surface area (Å²) in [6.07, 6.45) is 0.439. The molecule has 1 fully saturated rings. The second-order valence-corrected chi connectivity index (χ2v) is 6.84. The van der Waals surface area contributed by atoms with Gasteiger partial charge >= 0.3 is 0 Å². The molecule has 2 heterocycles. The maximum atomic E-state index is 11.5. The van der Waals surface area contributed by atoms with Crippen LogP contribution in [-0.2, 0) is 4.79 Å². The van der Waals surface area contributed by atoms with Gasteiger partial charge in [-0.3, -0.25) is 4.79 Å². The fourth-order valence-electron chi connectivity index (χ4n) is 1.81. The molecule has 0 aliphatic carbocycles. The summed E-state index contributed by atoms with van der Waals surface area (Å²) in [5, 5.41) is 0. The van der Waals surface area contributed by atoms with Crippen molar-refractivity contribution in [3.8, 4) is 0 Å². The molecule has 0 radical (unpaired) electrons. The van der Waals surface area contributed by atoms with E-state index in [1.165, 1.54) is 0 Å². The van der Waals surface area contributed by atoms with Crippen molar-refractivity contribution in [2.45, 2.75) is 18.5 Å². The average Bonchev–Trinajstić information content (AvgIpc) is 2.57. The molecule has 1 aliphatic heterocycles. The van der Waals surface area contributed by atoms with E-state index >= 15 is 0 Å². The van der Waals surface area contributed by atoms with Gasteiger partial charge in [-0.05, 0) is 37.9 Å². The third-order valence-corrected chi connectivity index (χ3v) is 5.91. The number of carbonyl (C=O) groups excluding carboxylic acids is 1. The number of likely N-dealkylation sites (tertiary alicyclic amines) is 1. The van der Waals surface area contributed by atoms with Gasteiger partial charge in [0.2, 0.25) is 5.91 Å². The molecule has 1 amide bonds. The standard InChI is InChI=1S/C9H10Br2N2OS/c1-13-7(14)3-5(12)8(13)6-2-4(10)9(11)15-6/h2,5,8H,3,12H2,1H3. The van der Waals surface area contributed by atoms with Gasteiger partial charge in [0, 0.05) is 28.9 Å². The lowest BCUT2D eigenvalue weighted by Gasteiger charge is -2.21. The maximum Gasteiger partial charge on any atom is 0.224 e. The lowest BCUT2D eigenvalue weighted by molar-refractivity contribution is -0.127. The van der Waals surface area contributed by atoms with Gasteiger partial charge in [-0.15, -0.1) is 11.3 Å². The molecule has 3 nitrogen and oxygen atoms in total. The molecule has 0 spiro atoms. The average molecular weight is 354 g/mol. The van der Waals surface area contributed by atoms with Crippen molar-refractivity contribution < 1.29 is 4.79 Å². The fraction of sp³-hybridized carbons (Fsp3) is 0.444. The third-order valence-electron chi connectivity index (χ3n) is 2.58. The normalized spacial score (nSPS) is 26.4. The number of nitrogens with two attached hydrogens (primary N) is 1. The van der Waals surface area contributed by atoms with Gasteiger partial charge in [-0.2, -0.15) is 0 Å². The Morgan fingerprint density at radius 1 is 1.60 bits per heavy atom. The van der Waals surface area contributed by atoms with Crippen molar-refractivity contribution in [1.82, 2.24) is 4.90 Å². The minimum absolute atomic E-state index is 0.0186. The van der Waals surface area contributed by atoms with Gasteiger partial charge in [0.15, 0.2) is 0 Å². The maximum absolute atomic E-state index is 11.5. The number of likely N-dealkylation sites (N-methyl/N-ethyl adjacent to an activating group) is 1. The van der Waals surface area contributed by atoms with Crippen LogP contribution >= 0.6 is 43.2 Å². The summed E-state index contributed by atoms with van der Waals surface area (Å²) in [5.74, 6) is 0.119. The number of amides is 1. The molecule has 15 heavy (non-hydrogen) atoms. The van der Waals surface area contributed by atoms with Crippen LogP contribution in [-0.4, -0.2) is 23.9 Å². The monoisotopic (exact) mass is 352 g/mol. The van der Waals surface area contributed by atoms with Gasteiger partial charge < -0.3 is 10.6 Å². The topological polar surface area (TPSA) is 46.3 Å². The molecular formula is C9H10Br2N2OS. The van der Waals surface area contributed by atoms with Crippen LogP contribution in [0.1, 0.15) is 17.3 Å². The lowest BCUT2D eigenvalue weighted by Crippen LogP contribution is -2.29. The number of nitrogens with zero attached hydrogens (tertiary/aromatic N) is 1.